The van der Waals surface area contributed by atoms with Crippen LogP contribution in [0.4, 0.5) is 0 Å². The number of rotatable bonds is 4. The lowest BCUT2D eigenvalue weighted by atomic mass is 10.3. The summed E-state index contributed by atoms with van der Waals surface area (Å²) in [6.07, 6.45) is 0. The lowest BCUT2D eigenvalue weighted by Gasteiger charge is -2.00. The second kappa shape index (κ2) is 5.22. The summed E-state index contributed by atoms with van der Waals surface area (Å²) < 4.78 is 29.6. The van der Waals surface area contributed by atoms with E-state index in [1.54, 1.807) is 36.4 Å². The zero-order valence-corrected chi connectivity index (χ0v) is 12.0. The Morgan fingerprint density at radius 2 is 1.90 bits per heavy atom. The molecule has 6 heteroatoms. The quantitative estimate of drug-likeness (QED) is 0.741. The third-order valence-corrected chi connectivity index (χ3v) is 5.31. The van der Waals surface area contributed by atoms with Crippen LogP contribution in [-0.2, 0) is 15.6 Å². The minimum Gasteiger partial charge on any atom is -0.355 e. The Labute approximate surface area is 120 Å². The summed E-state index contributed by atoms with van der Waals surface area (Å²) in [6.45, 7) is 0. The van der Waals surface area contributed by atoms with Crippen molar-refractivity contribution in [2.75, 3.05) is 0 Å². The van der Waals surface area contributed by atoms with E-state index in [1.807, 2.05) is 17.5 Å². The lowest BCUT2D eigenvalue weighted by molar-refractivity contribution is 0.426. The number of nitrogens with zero attached hydrogens (tertiary/aromatic N) is 1. The van der Waals surface area contributed by atoms with Crippen LogP contribution in [0.2, 0.25) is 0 Å². The van der Waals surface area contributed by atoms with Crippen molar-refractivity contribution in [1.82, 2.24) is 5.16 Å². The highest BCUT2D eigenvalue weighted by atomic mass is 32.2. The molecule has 0 radical (unpaired) electrons. The van der Waals surface area contributed by atoms with Crippen LogP contribution in [0.1, 0.15) is 5.69 Å². The van der Waals surface area contributed by atoms with Crippen LogP contribution in [0, 0.1) is 0 Å². The van der Waals surface area contributed by atoms with Crippen LogP contribution in [0.3, 0.4) is 0 Å². The van der Waals surface area contributed by atoms with Crippen molar-refractivity contribution < 1.29 is 12.9 Å². The van der Waals surface area contributed by atoms with Crippen LogP contribution < -0.4 is 0 Å². The van der Waals surface area contributed by atoms with Crippen molar-refractivity contribution in [2.45, 2.75) is 10.6 Å². The molecular weight excluding hydrogens is 294 g/mol. The van der Waals surface area contributed by atoms with E-state index in [9.17, 15) is 8.42 Å². The number of hydrogen-bond acceptors (Lipinski definition) is 5. The molecule has 0 bridgehead atoms. The molecule has 2 heterocycles. The average Bonchev–Trinajstić information content (AvgIpc) is 3.10. The van der Waals surface area contributed by atoms with Crippen LogP contribution in [0.15, 0.2) is 63.3 Å². The average molecular weight is 305 g/mol. The minimum absolute atomic E-state index is 0.161. The largest absolute Gasteiger partial charge is 0.355 e. The second-order valence-corrected chi connectivity index (χ2v) is 7.17. The van der Waals surface area contributed by atoms with Crippen molar-refractivity contribution >= 4 is 21.2 Å². The number of sulfone groups is 1. The Morgan fingerprint density at radius 1 is 1.10 bits per heavy atom. The fourth-order valence-electron chi connectivity index (χ4n) is 1.82. The summed E-state index contributed by atoms with van der Waals surface area (Å²) in [7, 11) is -3.39. The maximum atomic E-state index is 12.2. The highest BCUT2D eigenvalue weighted by Gasteiger charge is 2.18. The van der Waals surface area contributed by atoms with Gasteiger partial charge in [-0.2, -0.15) is 0 Å². The van der Waals surface area contributed by atoms with Crippen LogP contribution in [0.25, 0.3) is 10.6 Å². The van der Waals surface area contributed by atoms with Gasteiger partial charge >= 0.3 is 0 Å². The first kappa shape index (κ1) is 13.1. The Balaban J connectivity index is 1.85. The SMILES string of the molecule is O=S(=O)(Cc1cc(-c2cccs2)on1)c1ccccc1. The minimum atomic E-state index is -3.39. The molecule has 0 saturated heterocycles. The van der Waals surface area contributed by atoms with Gasteiger partial charge in [-0.05, 0) is 23.6 Å². The zero-order valence-electron chi connectivity index (χ0n) is 10.4. The number of thiophene rings is 1. The van der Waals surface area contributed by atoms with E-state index in [-0.39, 0.29) is 5.75 Å². The molecule has 1 aromatic carbocycles. The zero-order chi connectivity index (χ0) is 14.0. The predicted molar refractivity (Wildman–Crippen MR) is 77.1 cm³/mol. The van der Waals surface area contributed by atoms with Gasteiger partial charge in [0.15, 0.2) is 15.6 Å². The fraction of sp³-hybridized carbons (Fsp3) is 0.0714. The molecule has 0 N–H and O–H groups in total. The molecule has 0 spiro atoms. The van der Waals surface area contributed by atoms with Gasteiger partial charge < -0.3 is 4.52 Å². The first-order valence-corrected chi connectivity index (χ1v) is 8.46. The van der Waals surface area contributed by atoms with Gasteiger partial charge in [0.25, 0.3) is 0 Å². The molecule has 0 unspecified atom stereocenters. The number of aromatic nitrogens is 1. The Kier molecular flexibility index (Phi) is 3.42. The number of benzene rings is 1. The van der Waals surface area contributed by atoms with Gasteiger partial charge in [0.2, 0.25) is 0 Å². The van der Waals surface area contributed by atoms with Crippen molar-refractivity contribution in [3.8, 4) is 10.6 Å². The van der Waals surface area contributed by atoms with Crippen LogP contribution >= 0.6 is 11.3 Å². The van der Waals surface area contributed by atoms with Gasteiger partial charge in [-0.25, -0.2) is 8.42 Å². The van der Waals surface area contributed by atoms with Crippen molar-refractivity contribution in [3.05, 3.63) is 59.6 Å². The predicted octanol–water partition coefficient (Wildman–Crippen LogP) is 3.38. The van der Waals surface area contributed by atoms with Crippen molar-refractivity contribution in [1.29, 1.82) is 0 Å². The van der Waals surface area contributed by atoms with Crippen molar-refractivity contribution in [3.63, 3.8) is 0 Å². The summed E-state index contributed by atoms with van der Waals surface area (Å²) >= 11 is 1.52. The molecule has 0 aliphatic carbocycles. The smallest absolute Gasteiger partial charge is 0.184 e. The summed E-state index contributed by atoms with van der Waals surface area (Å²) in [5.41, 5.74) is 0.414. The lowest BCUT2D eigenvalue weighted by Crippen LogP contribution is -2.04. The molecule has 0 fully saturated rings. The number of hydrogen-bond donors (Lipinski definition) is 0. The molecule has 0 atom stereocenters. The summed E-state index contributed by atoms with van der Waals surface area (Å²) in [5, 5.41) is 5.76. The van der Waals surface area contributed by atoms with E-state index >= 15 is 0 Å². The topological polar surface area (TPSA) is 60.2 Å². The Hall–Kier alpha value is -1.92. The molecular formula is C14H11NO3S2. The van der Waals surface area contributed by atoms with E-state index in [4.69, 9.17) is 4.52 Å². The molecule has 0 amide bonds. The van der Waals surface area contributed by atoms with Crippen LogP contribution in [0.5, 0.6) is 0 Å². The molecule has 0 aliphatic rings. The standard InChI is InChI=1S/C14H11NO3S2/c16-20(17,12-5-2-1-3-6-12)10-11-9-13(18-15-11)14-7-4-8-19-14/h1-9H,10H2. The van der Waals surface area contributed by atoms with Gasteiger partial charge in [0.05, 0.1) is 15.5 Å². The van der Waals surface area contributed by atoms with Crippen molar-refractivity contribution in [2.24, 2.45) is 0 Å². The monoisotopic (exact) mass is 305 g/mol. The first-order valence-electron chi connectivity index (χ1n) is 5.92. The Morgan fingerprint density at radius 3 is 2.60 bits per heavy atom. The molecule has 0 saturated carbocycles. The summed E-state index contributed by atoms with van der Waals surface area (Å²) in [4.78, 5) is 1.22. The Bertz CT molecular complexity index is 790. The summed E-state index contributed by atoms with van der Waals surface area (Å²) in [6, 6.07) is 13.8. The van der Waals surface area contributed by atoms with E-state index in [0.29, 0.717) is 16.3 Å². The molecule has 3 aromatic rings. The molecule has 0 aliphatic heterocycles. The molecule has 20 heavy (non-hydrogen) atoms. The molecule has 4 nitrogen and oxygen atoms in total. The van der Waals surface area contributed by atoms with Gasteiger partial charge in [0.1, 0.15) is 5.75 Å². The second-order valence-electron chi connectivity index (χ2n) is 4.23. The van der Waals surface area contributed by atoms with Gasteiger partial charge in [0, 0.05) is 6.07 Å². The maximum Gasteiger partial charge on any atom is 0.184 e. The summed E-state index contributed by atoms with van der Waals surface area (Å²) in [5.74, 6) is 0.435. The normalized spacial score (nSPS) is 11.6. The van der Waals surface area contributed by atoms with E-state index in [0.717, 1.165) is 4.88 Å². The van der Waals surface area contributed by atoms with Gasteiger partial charge in [-0.3, -0.25) is 0 Å². The highest BCUT2D eigenvalue weighted by molar-refractivity contribution is 7.90. The molecule has 2 aromatic heterocycles. The molecule has 102 valence electrons. The third-order valence-electron chi connectivity index (χ3n) is 2.76. The fourth-order valence-corrected chi connectivity index (χ4v) is 3.76. The highest BCUT2D eigenvalue weighted by Crippen LogP contribution is 2.26. The first-order chi connectivity index (χ1) is 9.65. The van der Waals surface area contributed by atoms with E-state index in [1.165, 1.54) is 11.3 Å². The van der Waals surface area contributed by atoms with Gasteiger partial charge in [-0.1, -0.05) is 29.4 Å². The maximum absolute atomic E-state index is 12.2. The third kappa shape index (κ3) is 2.66. The molecule has 3 rings (SSSR count). The van der Waals surface area contributed by atoms with Gasteiger partial charge in [-0.15, -0.1) is 11.3 Å². The van der Waals surface area contributed by atoms with Crippen LogP contribution in [-0.4, -0.2) is 13.6 Å². The van der Waals surface area contributed by atoms with E-state index in [2.05, 4.69) is 5.16 Å². The van der Waals surface area contributed by atoms with E-state index < -0.39 is 9.84 Å².